The standard InChI is InChI=1S/C14H17N5O5S/c1-8(20)13(16)14(21)19-25(22,23)24-10-4-2-9(3-5-10)11-6-12(15)18-7-17-11/h2-8,13,20H,16H2,1H3,(H,19,21)(H2,15,17,18)/t8-,13+/m1/s1. The number of hydrogen-bond acceptors (Lipinski definition) is 9. The van der Waals surface area contributed by atoms with Gasteiger partial charge in [0.15, 0.2) is 0 Å². The van der Waals surface area contributed by atoms with Crippen LogP contribution in [0.25, 0.3) is 11.3 Å². The molecule has 2 atom stereocenters. The SMILES string of the molecule is C[C@@H](O)[C@H](N)C(=O)NS(=O)(=O)Oc1ccc(-c2cc(N)ncn2)cc1. The zero-order valence-electron chi connectivity index (χ0n) is 13.2. The van der Waals surface area contributed by atoms with Crippen LogP contribution in [0.5, 0.6) is 5.75 Å². The summed E-state index contributed by atoms with van der Waals surface area (Å²) in [6, 6.07) is 6.05. The molecule has 0 fully saturated rings. The molecule has 1 aromatic carbocycles. The highest BCUT2D eigenvalue weighted by Crippen LogP contribution is 2.22. The molecule has 0 saturated carbocycles. The van der Waals surface area contributed by atoms with Gasteiger partial charge in [-0.2, -0.15) is 8.42 Å². The van der Waals surface area contributed by atoms with Crippen molar-refractivity contribution < 1.29 is 22.5 Å². The number of aliphatic hydroxyl groups excluding tert-OH is 1. The fraction of sp³-hybridized carbons (Fsp3) is 0.214. The van der Waals surface area contributed by atoms with Gasteiger partial charge in [0.05, 0.1) is 11.8 Å². The van der Waals surface area contributed by atoms with Crippen molar-refractivity contribution in [3.05, 3.63) is 36.7 Å². The quantitative estimate of drug-likeness (QED) is 0.509. The van der Waals surface area contributed by atoms with Crippen molar-refractivity contribution in [3.63, 3.8) is 0 Å². The Kier molecular flexibility index (Phi) is 5.51. The number of aliphatic hydroxyl groups is 1. The van der Waals surface area contributed by atoms with E-state index in [0.717, 1.165) is 0 Å². The van der Waals surface area contributed by atoms with Crippen LogP contribution in [0.1, 0.15) is 6.92 Å². The predicted molar refractivity (Wildman–Crippen MR) is 89.2 cm³/mol. The highest BCUT2D eigenvalue weighted by Gasteiger charge is 2.24. The number of anilines is 1. The minimum absolute atomic E-state index is 0.0308. The van der Waals surface area contributed by atoms with Gasteiger partial charge in [-0.25, -0.2) is 14.7 Å². The largest absolute Gasteiger partial charge is 0.409 e. The van der Waals surface area contributed by atoms with Gasteiger partial charge in [-0.3, -0.25) is 4.79 Å². The molecular weight excluding hydrogens is 350 g/mol. The zero-order valence-corrected chi connectivity index (χ0v) is 14.0. The van der Waals surface area contributed by atoms with E-state index in [1.54, 1.807) is 22.9 Å². The Morgan fingerprint density at radius 1 is 1.28 bits per heavy atom. The first kappa shape index (κ1) is 18.6. The summed E-state index contributed by atoms with van der Waals surface area (Å²) in [5, 5.41) is 9.20. The number of nitrogens with two attached hydrogens (primary N) is 2. The summed E-state index contributed by atoms with van der Waals surface area (Å²) in [5.74, 6) is -0.815. The van der Waals surface area contributed by atoms with Crippen molar-refractivity contribution in [3.8, 4) is 17.0 Å². The second-order valence-electron chi connectivity index (χ2n) is 5.12. The number of hydrogen-bond donors (Lipinski definition) is 4. The summed E-state index contributed by atoms with van der Waals surface area (Å²) >= 11 is 0. The Bertz CT molecular complexity index is 854. The number of amides is 1. The van der Waals surface area contributed by atoms with Gasteiger partial charge in [0, 0.05) is 11.6 Å². The Morgan fingerprint density at radius 3 is 2.48 bits per heavy atom. The summed E-state index contributed by atoms with van der Waals surface area (Å²) in [7, 11) is -4.43. The molecule has 0 aliphatic heterocycles. The zero-order chi connectivity index (χ0) is 18.6. The van der Waals surface area contributed by atoms with Gasteiger partial charge in [-0.05, 0) is 31.2 Å². The number of carbonyl (C=O) groups excluding carboxylic acids is 1. The van der Waals surface area contributed by atoms with Crippen molar-refractivity contribution in [1.82, 2.24) is 14.7 Å². The molecule has 134 valence electrons. The van der Waals surface area contributed by atoms with E-state index in [2.05, 4.69) is 9.97 Å². The maximum Gasteiger partial charge on any atom is 0.409 e. The molecule has 25 heavy (non-hydrogen) atoms. The lowest BCUT2D eigenvalue weighted by Crippen LogP contribution is -2.49. The summed E-state index contributed by atoms with van der Waals surface area (Å²) < 4.78 is 30.0. The van der Waals surface area contributed by atoms with Crippen LogP contribution in [0, 0.1) is 0 Å². The first-order valence-electron chi connectivity index (χ1n) is 7.05. The van der Waals surface area contributed by atoms with Crippen LogP contribution in [0.15, 0.2) is 36.7 Å². The monoisotopic (exact) mass is 367 g/mol. The first-order chi connectivity index (χ1) is 11.7. The summed E-state index contributed by atoms with van der Waals surface area (Å²) in [4.78, 5) is 19.4. The molecule has 10 nitrogen and oxygen atoms in total. The smallest absolute Gasteiger partial charge is 0.391 e. The Morgan fingerprint density at radius 2 is 1.92 bits per heavy atom. The molecule has 0 bridgehead atoms. The number of rotatable bonds is 6. The van der Waals surface area contributed by atoms with Gasteiger partial charge in [0.2, 0.25) is 0 Å². The second kappa shape index (κ2) is 7.42. The average Bonchev–Trinajstić information content (AvgIpc) is 2.53. The van der Waals surface area contributed by atoms with Crippen molar-refractivity contribution in [2.75, 3.05) is 5.73 Å². The van der Waals surface area contributed by atoms with Crippen LogP contribution < -0.4 is 20.4 Å². The Hall–Kier alpha value is -2.76. The summed E-state index contributed by atoms with van der Waals surface area (Å²) in [6.07, 6.45) is 0.0928. The van der Waals surface area contributed by atoms with Crippen LogP contribution in [0.3, 0.4) is 0 Å². The fourth-order valence-electron chi connectivity index (χ4n) is 1.77. The molecule has 11 heteroatoms. The lowest BCUT2D eigenvalue weighted by atomic mass is 10.1. The van der Waals surface area contributed by atoms with E-state index in [1.165, 1.54) is 25.4 Å². The number of nitrogen functional groups attached to an aromatic ring is 1. The summed E-state index contributed by atoms with van der Waals surface area (Å²) in [6.45, 7) is 1.26. The van der Waals surface area contributed by atoms with E-state index >= 15 is 0 Å². The molecule has 1 heterocycles. The van der Waals surface area contributed by atoms with Crippen molar-refractivity contribution in [1.29, 1.82) is 0 Å². The predicted octanol–water partition coefficient (Wildman–Crippen LogP) is -0.826. The molecule has 6 N–H and O–H groups in total. The maximum absolute atomic E-state index is 11.8. The van der Waals surface area contributed by atoms with Gasteiger partial charge >= 0.3 is 10.3 Å². The van der Waals surface area contributed by atoms with E-state index in [9.17, 15) is 18.3 Å². The van der Waals surface area contributed by atoms with Crippen LogP contribution in [-0.2, 0) is 15.1 Å². The minimum atomic E-state index is -4.43. The second-order valence-corrected chi connectivity index (χ2v) is 6.40. The number of nitrogens with zero attached hydrogens (tertiary/aromatic N) is 2. The molecule has 0 saturated heterocycles. The molecule has 0 aliphatic rings. The number of carbonyl (C=O) groups is 1. The molecular formula is C14H17N5O5S. The minimum Gasteiger partial charge on any atom is -0.391 e. The molecule has 0 aliphatic carbocycles. The molecule has 0 radical (unpaired) electrons. The first-order valence-corrected chi connectivity index (χ1v) is 8.46. The summed E-state index contributed by atoms with van der Waals surface area (Å²) in [5.41, 5.74) is 12.1. The van der Waals surface area contributed by atoms with Crippen LogP contribution in [0.2, 0.25) is 0 Å². The lowest BCUT2D eigenvalue weighted by Gasteiger charge is -2.14. The van der Waals surface area contributed by atoms with Crippen molar-refractivity contribution in [2.24, 2.45) is 5.73 Å². The van der Waals surface area contributed by atoms with Crippen LogP contribution in [0.4, 0.5) is 5.82 Å². The van der Waals surface area contributed by atoms with E-state index in [1.807, 2.05) is 0 Å². The molecule has 1 aromatic heterocycles. The highest BCUT2D eigenvalue weighted by molar-refractivity contribution is 7.85. The Balaban J connectivity index is 2.09. The van der Waals surface area contributed by atoms with Gasteiger partial charge in [0.25, 0.3) is 5.91 Å². The highest BCUT2D eigenvalue weighted by atomic mass is 32.2. The van der Waals surface area contributed by atoms with Crippen LogP contribution >= 0.6 is 0 Å². The molecule has 1 amide bonds. The number of benzene rings is 1. The van der Waals surface area contributed by atoms with Gasteiger partial charge in [-0.15, -0.1) is 0 Å². The van der Waals surface area contributed by atoms with E-state index in [-0.39, 0.29) is 5.75 Å². The van der Waals surface area contributed by atoms with E-state index in [4.69, 9.17) is 15.7 Å². The normalized spacial score (nSPS) is 13.7. The third kappa shape index (κ3) is 5.11. The lowest BCUT2D eigenvalue weighted by molar-refractivity contribution is -0.122. The fourth-order valence-corrected chi connectivity index (χ4v) is 2.56. The number of nitrogens with one attached hydrogen (secondary N) is 1. The van der Waals surface area contributed by atoms with E-state index < -0.39 is 28.4 Å². The maximum atomic E-state index is 11.8. The molecule has 2 aromatic rings. The van der Waals surface area contributed by atoms with Gasteiger partial charge in [-0.1, -0.05) is 0 Å². The third-order valence-corrected chi connectivity index (χ3v) is 3.96. The molecule has 0 spiro atoms. The Labute approximate surface area is 144 Å². The average molecular weight is 367 g/mol. The molecule has 0 unspecified atom stereocenters. The van der Waals surface area contributed by atoms with Gasteiger partial charge < -0.3 is 20.8 Å². The van der Waals surface area contributed by atoms with Gasteiger partial charge in [0.1, 0.15) is 23.9 Å². The topological polar surface area (TPSA) is 171 Å². The van der Waals surface area contributed by atoms with Crippen molar-refractivity contribution >= 4 is 22.0 Å². The number of aromatic nitrogens is 2. The third-order valence-electron chi connectivity index (χ3n) is 3.09. The molecule has 2 rings (SSSR count). The van der Waals surface area contributed by atoms with E-state index in [0.29, 0.717) is 17.1 Å². The van der Waals surface area contributed by atoms with Crippen molar-refractivity contribution in [2.45, 2.75) is 19.1 Å². The van der Waals surface area contributed by atoms with Crippen LogP contribution in [-0.4, -0.2) is 41.5 Å².